The van der Waals surface area contributed by atoms with Gasteiger partial charge >= 0.3 is 6.18 Å². The summed E-state index contributed by atoms with van der Waals surface area (Å²) in [7, 11) is 0. The van der Waals surface area contributed by atoms with Gasteiger partial charge in [-0.15, -0.1) is 17.5 Å². The Kier molecular flexibility index (Phi) is 5.55. The first-order chi connectivity index (χ1) is 12.7. The highest BCUT2D eigenvalue weighted by molar-refractivity contribution is 5.85. The third kappa shape index (κ3) is 3.67. The number of likely N-dealkylation sites (tertiary alicyclic amines) is 1. The summed E-state index contributed by atoms with van der Waals surface area (Å²) in [6.07, 6.45) is -3.89. The minimum atomic E-state index is -4.62. The van der Waals surface area contributed by atoms with Crippen LogP contribution in [0.2, 0.25) is 0 Å². The van der Waals surface area contributed by atoms with E-state index in [1.165, 1.54) is 0 Å². The molecule has 0 unspecified atom stereocenters. The van der Waals surface area contributed by atoms with Gasteiger partial charge in [0.05, 0.1) is 0 Å². The van der Waals surface area contributed by atoms with E-state index in [4.69, 9.17) is 0 Å². The van der Waals surface area contributed by atoms with Crippen molar-refractivity contribution in [3.05, 3.63) is 22.8 Å². The van der Waals surface area contributed by atoms with E-state index in [0.29, 0.717) is 36.1 Å². The van der Waals surface area contributed by atoms with Gasteiger partial charge in [0.2, 0.25) is 5.91 Å². The van der Waals surface area contributed by atoms with Crippen molar-refractivity contribution in [2.75, 3.05) is 26.2 Å². The van der Waals surface area contributed by atoms with Gasteiger partial charge in [0.25, 0.3) is 11.6 Å². The number of hydrogen-bond donors (Lipinski definition) is 1. The van der Waals surface area contributed by atoms with Crippen molar-refractivity contribution in [2.45, 2.75) is 32.9 Å². The molecule has 1 amide bonds. The number of amides is 1. The summed E-state index contributed by atoms with van der Waals surface area (Å²) < 4.78 is 39.7. The number of aryl methyl sites for hydroxylation is 2. The van der Waals surface area contributed by atoms with Crippen LogP contribution in [0.3, 0.4) is 0 Å². The van der Waals surface area contributed by atoms with Crippen LogP contribution in [-0.2, 0) is 17.4 Å². The average molecular weight is 419 g/mol. The zero-order valence-electron chi connectivity index (χ0n) is 15.6. The van der Waals surface area contributed by atoms with Gasteiger partial charge in [0.1, 0.15) is 0 Å². The van der Waals surface area contributed by atoms with Crippen LogP contribution in [0.15, 0.2) is 0 Å². The molecule has 154 valence electrons. The van der Waals surface area contributed by atoms with Gasteiger partial charge in [-0.3, -0.25) is 4.79 Å². The van der Waals surface area contributed by atoms with Crippen LogP contribution < -0.4 is 5.32 Å². The Balaban J connectivity index is 0.00000225. The molecule has 4 heterocycles. The van der Waals surface area contributed by atoms with Gasteiger partial charge in [0, 0.05) is 44.0 Å². The molecule has 0 bridgehead atoms. The van der Waals surface area contributed by atoms with E-state index in [2.05, 4.69) is 20.4 Å². The normalized spacial score (nSPS) is 21.8. The number of nitrogens with one attached hydrogen (secondary N) is 1. The van der Waals surface area contributed by atoms with Gasteiger partial charge in [-0.25, -0.2) is 9.50 Å². The average Bonchev–Trinajstić information content (AvgIpc) is 3.27. The Morgan fingerprint density at radius 1 is 1.18 bits per heavy atom. The number of nitrogens with zero attached hydrogens (tertiary/aromatic N) is 5. The first-order valence-corrected chi connectivity index (χ1v) is 9.02. The fraction of sp³-hybridized carbons (Fsp3) is 0.647. The Morgan fingerprint density at radius 3 is 2.43 bits per heavy atom. The smallest absolute Gasteiger partial charge is 0.342 e. The van der Waals surface area contributed by atoms with E-state index >= 15 is 0 Å². The fourth-order valence-corrected chi connectivity index (χ4v) is 4.14. The molecule has 0 aromatic carbocycles. The first-order valence-electron chi connectivity index (χ1n) is 9.02. The second-order valence-corrected chi connectivity index (χ2v) is 7.38. The molecule has 0 spiro atoms. The maximum atomic E-state index is 12.9. The highest BCUT2D eigenvalue weighted by Crippen LogP contribution is 2.28. The van der Waals surface area contributed by atoms with Crippen molar-refractivity contribution < 1.29 is 18.0 Å². The number of alkyl halides is 3. The van der Waals surface area contributed by atoms with Gasteiger partial charge in [-0.1, -0.05) is 0 Å². The maximum Gasteiger partial charge on any atom is 0.453 e. The van der Waals surface area contributed by atoms with E-state index in [9.17, 15) is 18.0 Å². The lowest BCUT2D eigenvalue weighted by Crippen LogP contribution is -2.32. The molecule has 0 saturated carbocycles. The summed E-state index contributed by atoms with van der Waals surface area (Å²) in [5, 5.41) is 6.89. The van der Waals surface area contributed by atoms with Crippen LogP contribution >= 0.6 is 12.4 Å². The molecule has 2 aliphatic rings. The Hall–Kier alpha value is -1.94. The molecule has 2 atom stereocenters. The Bertz CT molecular complexity index is 887. The Labute approximate surface area is 166 Å². The van der Waals surface area contributed by atoms with E-state index in [1.54, 1.807) is 13.8 Å². The molecule has 2 fully saturated rings. The summed E-state index contributed by atoms with van der Waals surface area (Å²) in [5.41, 5.74) is 1.86. The summed E-state index contributed by atoms with van der Waals surface area (Å²) >= 11 is 0. The van der Waals surface area contributed by atoms with Crippen molar-refractivity contribution in [1.29, 1.82) is 0 Å². The lowest BCUT2D eigenvalue weighted by Gasteiger charge is -2.18. The van der Waals surface area contributed by atoms with Crippen LogP contribution in [0.1, 0.15) is 29.2 Å². The van der Waals surface area contributed by atoms with Gasteiger partial charge < -0.3 is 10.2 Å². The summed E-state index contributed by atoms with van der Waals surface area (Å²) in [4.78, 5) is 22.1. The SMILES string of the molecule is Cc1nc2nc(C(F)(F)F)nn2c(C)c1CCC(=O)N1C[C@H]2CNC[C@H]2C1.Cl. The number of halogens is 4. The molecule has 11 heteroatoms. The lowest BCUT2D eigenvalue weighted by molar-refractivity contribution is -0.144. The molecule has 4 rings (SSSR count). The van der Waals surface area contributed by atoms with Crippen molar-refractivity contribution >= 4 is 24.1 Å². The molecule has 1 N–H and O–H groups in total. The van der Waals surface area contributed by atoms with Crippen LogP contribution in [0.4, 0.5) is 13.2 Å². The van der Waals surface area contributed by atoms with Gasteiger partial charge in [0.15, 0.2) is 0 Å². The van der Waals surface area contributed by atoms with Crippen molar-refractivity contribution in [3.8, 4) is 0 Å². The predicted molar refractivity (Wildman–Crippen MR) is 97.3 cm³/mol. The highest BCUT2D eigenvalue weighted by Gasteiger charge is 2.38. The first kappa shape index (κ1) is 20.8. The number of hydrogen-bond acceptors (Lipinski definition) is 5. The largest absolute Gasteiger partial charge is 0.453 e. The van der Waals surface area contributed by atoms with Gasteiger partial charge in [-0.2, -0.15) is 18.2 Å². The zero-order chi connectivity index (χ0) is 19.3. The molecule has 0 radical (unpaired) electrons. The fourth-order valence-electron chi connectivity index (χ4n) is 4.14. The summed E-state index contributed by atoms with van der Waals surface area (Å²) in [5.74, 6) is -0.133. The number of fused-ring (bicyclic) bond motifs is 2. The summed E-state index contributed by atoms with van der Waals surface area (Å²) in [6.45, 7) is 6.89. The van der Waals surface area contributed by atoms with E-state index in [0.717, 1.165) is 36.3 Å². The molecule has 28 heavy (non-hydrogen) atoms. The third-order valence-electron chi connectivity index (χ3n) is 5.63. The molecule has 2 aliphatic heterocycles. The van der Waals surface area contributed by atoms with Crippen LogP contribution in [0.5, 0.6) is 0 Å². The number of rotatable bonds is 3. The quantitative estimate of drug-likeness (QED) is 0.822. The topological polar surface area (TPSA) is 75.4 Å². The minimum absolute atomic E-state index is 0. The van der Waals surface area contributed by atoms with Crippen molar-refractivity contribution in [1.82, 2.24) is 29.8 Å². The molecule has 2 aromatic rings. The second kappa shape index (κ2) is 7.47. The standard InChI is InChI=1S/C17H21F3N6O.ClH/c1-9-13(3-4-14(27)25-7-11-5-21-6-12(11)8-25)10(2)26-16(22-9)23-15(24-26)17(18,19)20;/h11-12,21H,3-8H2,1-2H3;1H/t11-,12+;. The predicted octanol–water partition coefficient (Wildman–Crippen LogP) is 1.79. The second-order valence-electron chi connectivity index (χ2n) is 7.38. The highest BCUT2D eigenvalue weighted by atomic mass is 35.5. The molecule has 2 aromatic heterocycles. The molecule has 2 saturated heterocycles. The van der Waals surface area contributed by atoms with E-state index in [-0.39, 0.29) is 24.1 Å². The van der Waals surface area contributed by atoms with E-state index in [1.807, 2.05) is 4.90 Å². The molecule has 7 nitrogen and oxygen atoms in total. The lowest BCUT2D eigenvalue weighted by atomic mass is 10.0. The monoisotopic (exact) mass is 418 g/mol. The molecule has 0 aliphatic carbocycles. The molecular formula is C17H22ClF3N6O. The van der Waals surface area contributed by atoms with Crippen LogP contribution in [-0.4, -0.2) is 56.6 Å². The van der Waals surface area contributed by atoms with E-state index < -0.39 is 12.0 Å². The van der Waals surface area contributed by atoms with Crippen LogP contribution in [0, 0.1) is 25.7 Å². The number of carbonyl (C=O) groups is 1. The maximum absolute atomic E-state index is 12.9. The molecular weight excluding hydrogens is 397 g/mol. The van der Waals surface area contributed by atoms with Crippen LogP contribution in [0.25, 0.3) is 5.78 Å². The number of aromatic nitrogens is 4. The third-order valence-corrected chi connectivity index (χ3v) is 5.63. The van der Waals surface area contributed by atoms with Crippen molar-refractivity contribution in [3.63, 3.8) is 0 Å². The number of carbonyl (C=O) groups excluding carboxylic acids is 1. The minimum Gasteiger partial charge on any atom is -0.342 e. The summed E-state index contributed by atoms with van der Waals surface area (Å²) in [6, 6.07) is 0. The Morgan fingerprint density at radius 2 is 1.82 bits per heavy atom. The van der Waals surface area contributed by atoms with Crippen molar-refractivity contribution in [2.24, 2.45) is 11.8 Å². The van der Waals surface area contributed by atoms with Gasteiger partial charge in [-0.05, 0) is 37.7 Å². The zero-order valence-corrected chi connectivity index (χ0v) is 16.4.